The van der Waals surface area contributed by atoms with E-state index in [4.69, 9.17) is 11.6 Å². The molecule has 8 heteroatoms. The number of carbonyl (C=O) groups is 2. The molecular formula is C9H9ClN2O4S. The molecule has 0 saturated heterocycles. The smallest absolute Gasteiger partial charge is 0.278 e. The number of amides is 3. The quantitative estimate of drug-likeness (QED) is 0.838. The molecule has 0 radical (unpaired) electrons. The number of hydrogen-bond donors (Lipinski definition) is 2. The van der Waals surface area contributed by atoms with E-state index in [0.717, 1.165) is 6.92 Å². The summed E-state index contributed by atoms with van der Waals surface area (Å²) < 4.78 is 24.9. The van der Waals surface area contributed by atoms with E-state index in [-0.39, 0.29) is 4.90 Å². The molecule has 6 nitrogen and oxygen atoms in total. The lowest BCUT2D eigenvalue weighted by Gasteiger charge is -2.06. The number of imide groups is 1. The molecule has 0 aliphatic heterocycles. The molecule has 17 heavy (non-hydrogen) atoms. The van der Waals surface area contributed by atoms with Crippen LogP contribution in [0.3, 0.4) is 0 Å². The van der Waals surface area contributed by atoms with E-state index in [1.807, 2.05) is 0 Å². The molecule has 0 atom stereocenters. The highest BCUT2D eigenvalue weighted by atomic mass is 35.5. The molecule has 3 amide bonds. The van der Waals surface area contributed by atoms with Crippen molar-refractivity contribution in [2.75, 3.05) is 0 Å². The lowest BCUT2D eigenvalue weighted by Crippen LogP contribution is -2.41. The fraction of sp³-hybridized carbons (Fsp3) is 0.111. The first kappa shape index (κ1) is 13.5. The highest BCUT2D eigenvalue weighted by Crippen LogP contribution is 2.13. The average Bonchev–Trinajstić information content (AvgIpc) is 2.15. The van der Waals surface area contributed by atoms with Gasteiger partial charge in [-0.15, -0.1) is 0 Å². The molecule has 1 aromatic carbocycles. The highest BCUT2D eigenvalue weighted by Gasteiger charge is 2.17. The van der Waals surface area contributed by atoms with Crippen LogP contribution in [0.15, 0.2) is 29.2 Å². The van der Waals surface area contributed by atoms with Crippen molar-refractivity contribution in [3.05, 3.63) is 29.3 Å². The standard InChI is InChI=1S/C9H9ClN2O4S/c1-6(13)11-9(14)12-17(15,16)8-4-2-7(10)3-5-8/h2-5H,1H3,(H2,11,12,13,14). The van der Waals surface area contributed by atoms with Gasteiger partial charge in [0.15, 0.2) is 0 Å². The third-order valence-electron chi connectivity index (χ3n) is 1.64. The Labute approximate surface area is 103 Å². The monoisotopic (exact) mass is 276 g/mol. The Morgan fingerprint density at radius 2 is 1.71 bits per heavy atom. The minimum absolute atomic E-state index is 0.124. The van der Waals surface area contributed by atoms with Crippen molar-refractivity contribution in [3.63, 3.8) is 0 Å². The molecule has 2 N–H and O–H groups in total. The van der Waals surface area contributed by atoms with Gasteiger partial charge in [-0.1, -0.05) is 11.6 Å². The van der Waals surface area contributed by atoms with Crippen LogP contribution >= 0.6 is 11.6 Å². The van der Waals surface area contributed by atoms with Crippen LogP contribution < -0.4 is 10.0 Å². The fourth-order valence-corrected chi connectivity index (χ4v) is 2.01. The molecule has 0 spiro atoms. The van der Waals surface area contributed by atoms with Gasteiger partial charge in [0, 0.05) is 11.9 Å². The summed E-state index contributed by atoms with van der Waals surface area (Å²) in [6.45, 7) is 1.09. The Morgan fingerprint density at radius 1 is 1.18 bits per heavy atom. The largest absolute Gasteiger partial charge is 0.335 e. The number of nitrogens with one attached hydrogen (secondary N) is 2. The van der Waals surface area contributed by atoms with Gasteiger partial charge in [-0.05, 0) is 24.3 Å². The third-order valence-corrected chi connectivity index (χ3v) is 3.24. The molecule has 1 aromatic rings. The van der Waals surface area contributed by atoms with E-state index in [1.54, 1.807) is 10.0 Å². The first-order valence-electron chi connectivity index (χ1n) is 4.41. The summed E-state index contributed by atoms with van der Waals surface area (Å²) in [4.78, 5) is 21.5. The maximum absolute atomic E-state index is 11.6. The zero-order valence-corrected chi connectivity index (χ0v) is 10.3. The number of rotatable bonds is 2. The number of sulfonamides is 1. The second-order valence-electron chi connectivity index (χ2n) is 3.07. The summed E-state index contributed by atoms with van der Waals surface area (Å²) in [7, 11) is -3.99. The van der Waals surface area contributed by atoms with E-state index >= 15 is 0 Å². The van der Waals surface area contributed by atoms with Crippen molar-refractivity contribution in [1.29, 1.82) is 0 Å². The predicted molar refractivity (Wildman–Crippen MR) is 61.0 cm³/mol. The van der Waals surface area contributed by atoms with Crippen molar-refractivity contribution in [3.8, 4) is 0 Å². The molecule has 0 aliphatic rings. The van der Waals surface area contributed by atoms with Crippen molar-refractivity contribution < 1.29 is 18.0 Å². The van der Waals surface area contributed by atoms with Crippen LogP contribution in [0.2, 0.25) is 5.02 Å². The molecule has 0 unspecified atom stereocenters. The predicted octanol–water partition coefficient (Wildman–Crippen LogP) is 0.874. The van der Waals surface area contributed by atoms with Gasteiger partial charge in [0.1, 0.15) is 0 Å². The summed E-state index contributed by atoms with van der Waals surface area (Å²) >= 11 is 5.60. The molecule has 0 aromatic heterocycles. The Hall–Kier alpha value is -1.60. The minimum atomic E-state index is -3.99. The summed E-state index contributed by atoms with van der Waals surface area (Å²) in [5.41, 5.74) is 0. The normalized spacial score (nSPS) is 10.7. The van der Waals surface area contributed by atoms with E-state index < -0.39 is 22.0 Å². The van der Waals surface area contributed by atoms with Crippen molar-refractivity contribution >= 4 is 33.6 Å². The fourth-order valence-electron chi connectivity index (χ4n) is 0.980. The first-order chi connectivity index (χ1) is 7.81. The zero-order chi connectivity index (χ0) is 13.1. The van der Waals surface area contributed by atoms with Crippen LogP contribution in [0.25, 0.3) is 0 Å². The van der Waals surface area contributed by atoms with Crippen molar-refractivity contribution in [1.82, 2.24) is 10.0 Å². The van der Waals surface area contributed by atoms with Crippen LogP contribution in [-0.4, -0.2) is 20.4 Å². The molecule has 0 heterocycles. The lowest BCUT2D eigenvalue weighted by atomic mass is 10.4. The van der Waals surface area contributed by atoms with Gasteiger partial charge in [-0.2, -0.15) is 0 Å². The van der Waals surface area contributed by atoms with Crippen LogP contribution in [0.5, 0.6) is 0 Å². The molecule has 0 bridgehead atoms. The summed E-state index contributed by atoms with van der Waals surface area (Å²) in [6, 6.07) is 4.13. The molecular weight excluding hydrogens is 268 g/mol. The average molecular weight is 277 g/mol. The molecule has 0 fully saturated rings. The van der Waals surface area contributed by atoms with Gasteiger partial charge in [0.05, 0.1) is 4.90 Å². The topological polar surface area (TPSA) is 92.3 Å². The van der Waals surface area contributed by atoms with Crippen molar-refractivity contribution in [2.24, 2.45) is 0 Å². The minimum Gasteiger partial charge on any atom is -0.278 e. The molecule has 92 valence electrons. The van der Waals surface area contributed by atoms with Crippen LogP contribution in [0.4, 0.5) is 4.79 Å². The number of hydrogen-bond acceptors (Lipinski definition) is 4. The SMILES string of the molecule is CC(=O)NC(=O)NS(=O)(=O)c1ccc(Cl)cc1. The first-order valence-corrected chi connectivity index (χ1v) is 6.27. The Bertz CT molecular complexity index is 539. The highest BCUT2D eigenvalue weighted by molar-refractivity contribution is 7.90. The van der Waals surface area contributed by atoms with E-state index in [0.29, 0.717) is 5.02 Å². The van der Waals surface area contributed by atoms with Crippen LogP contribution in [0, 0.1) is 0 Å². The van der Waals surface area contributed by atoms with Gasteiger partial charge in [0.25, 0.3) is 10.0 Å². The Morgan fingerprint density at radius 3 is 2.18 bits per heavy atom. The van der Waals surface area contributed by atoms with E-state index in [2.05, 4.69) is 0 Å². The van der Waals surface area contributed by atoms with Crippen LogP contribution in [0.1, 0.15) is 6.92 Å². The lowest BCUT2D eigenvalue weighted by molar-refractivity contribution is -0.117. The van der Waals surface area contributed by atoms with Gasteiger partial charge in [0.2, 0.25) is 5.91 Å². The van der Waals surface area contributed by atoms with Crippen molar-refractivity contribution in [2.45, 2.75) is 11.8 Å². The second-order valence-corrected chi connectivity index (χ2v) is 5.19. The summed E-state index contributed by atoms with van der Waals surface area (Å²) in [5, 5.41) is 2.16. The van der Waals surface area contributed by atoms with E-state index in [9.17, 15) is 18.0 Å². The van der Waals surface area contributed by atoms with Gasteiger partial charge < -0.3 is 0 Å². The summed E-state index contributed by atoms with van der Waals surface area (Å²) in [6.07, 6.45) is 0. The molecule has 1 rings (SSSR count). The maximum atomic E-state index is 11.6. The number of urea groups is 1. The Kier molecular flexibility index (Phi) is 4.08. The second kappa shape index (κ2) is 5.15. The third kappa shape index (κ3) is 4.04. The number of carbonyl (C=O) groups excluding carboxylic acids is 2. The van der Waals surface area contributed by atoms with Gasteiger partial charge in [-0.25, -0.2) is 17.9 Å². The number of halogens is 1. The Balaban J connectivity index is 2.86. The summed E-state index contributed by atoms with van der Waals surface area (Å²) in [5.74, 6) is -0.659. The maximum Gasteiger partial charge on any atom is 0.335 e. The van der Waals surface area contributed by atoms with Gasteiger partial charge in [-0.3, -0.25) is 10.1 Å². The van der Waals surface area contributed by atoms with Gasteiger partial charge >= 0.3 is 6.03 Å². The van der Waals surface area contributed by atoms with E-state index in [1.165, 1.54) is 24.3 Å². The molecule has 0 aliphatic carbocycles. The zero-order valence-electron chi connectivity index (χ0n) is 8.73. The van der Waals surface area contributed by atoms with Crippen LogP contribution in [-0.2, 0) is 14.8 Å². The molecule has 0 saturated carbocycles. The number of benzene rings is 1.